The van der Waals surface area contributed by atoms with Crippen LogP contribution in [0.1, 0.15) is 18.1 Å². The first-order valence-corrected chi connectivity index (χ1v) is 9.33. The summed E-state index contributed by atoms with van der Waals surface area (Å²) in [6, 6.07) is 13.6. The van der Waals surface area contributed by atoms with E-state index in [0.717, 1.165) is 10.2 Å². The zero-order valence-corrected chi connectivity index (χ0v) is 16.0. The lowest BCUT2D eigenvalue weighted by Crippen LogP contribution is -2.25. The second-order valence-corrected chi connectivity index (χ2v) is 7.22. The van der Waals surface area contributed by atoms with E-state index < -0.39 is 6.10 Å². The van der Waals surface area contributed by atoms with Crippen molar-refractivity contribution in [2.45, 2.75) is 33.4 Å². The number of aromatic nitrogens is 1. The Morgan fingerprint density at radius 3 is 2.65 bits per heavy atom. The van der Waals surface area contributed by atoms with Crippen molar-refractivity contribution in [1.29, 1.82) is 0 Å². The molecule has 0 aliphatic carbocycles. The Kier molecular flexibility index (Phi) is 5.38. The number of amides is 1. The van der Waals surface area contributed by atoms with Crippen LogP contribution < -0.4 is 9.54 Å². The van der Waals surface area contributed by atoms with Gasteiger partial charge in [0.2, 0.25) is 0 Å². The Morgan fingerprint density at radius 2 is 1.96 bits per heavy atom. The highest BCUT2D eigenvalue weighted by molar-refractivity contribution is 7.16. The highest BCUT2D eigenvalue weighted by Crippen LogP contribution is 2.22. The van der Waals surface area contributed by atoms with E-state index in [1.807, 2.05) is 41.0 Å². The van der Waals surface area contributed by atoms with Crippen molar-refractivity contribution in [3.63, 3.8) is 0 Å². The highest BCUT2D eigenvalue weighted by atomic mass is 32.1. The summed E-state index contributed by atoms with van der Waals surface area (Å²) in [6.07, 6.45) is 1.16. The van der Waals surface area contributed by atoms with E-state index in [4.69, 9.17) is 4.74 Å². The summed E-state index contributed by atoms with van der Waals surface area (Å²) in [5, 5.41) is 0. The fourth-order valence-corrected chi connectivity index (χ4v) is 3.78. The van der Waals surface area contributed by atoms with Crippen LogP contribution in [0.25, 0.3) is 10.2 Å². The minimum absolute atomic E-state index is 0.299. The highest BCUT2D eigenvalue weighted by Gasteiger charge is 2.15. The molecule has 0 spiro atoms. The van der Waals surface area contributed by atoms with Crippen LogP contribution in [0.4, 0.5) is 0 Å². The zero-order valence-electron chi connectivity index (χ0n) is 15.2. The summed E-state index contributed by atoms with van der Waals surface area (Å²) < 4.78 is 8.82. The number of carbonyl (C=O) groups is 1. The standard InChI is InChI=1S/C21H22N2O2S/c1-5-11-23-18-12-14(2)15(3)13-19(18)26-21(23)22-20(24)16(4)25-17-9-7-6-8-10-17/h5-10,12-13,16H,1,11H2,2-4H3. The maximum atomic E-state index is 12.6. The van der Waals surface area contributed by atoms with E-state index in [-0.39, 0.29) is 5.91 Å². The number of benzene rings is 2. The lowest BCUT2D eigenvalue weighted by atomic mass is 10.1. The molecule has 1 unspecified atom stereocenters. The molecule has 2 aromatic carbocycles. The minimum atomic E-state index is -0.650. The molecule has 4 nitrogen and oxygen atoms in total. The average molecular weight is 366 g/mol. The van der Waals surface area contributed by atoms with Gasteiger partial charge in [-0.15, -0.1) is 6.58 Å². The number of carbonyl (C=O) groups excluding carboxylic acids is 1. The van der Waals surface area contributed by atoms with Gasteiger partial charge in [-0.2, -0.15) is 4.99 Å². The van der Waals surface area contributed by atoms with Crippen LogP contribution in [-0.4, -0.2) is 16.6 Å². The van der Waals surface area contributed by atoms with Crippen LogP contribution in [0.3, 0.4) is 0 Å². The van der Waals surface area contributed by atoms with Gasteiger partial charge >= 0.3 is 0 Å². The van der Waals surface area contributed by atoms with Crippen LogP contribution in [0.15, 0.2) is 60.1 Å². The minimum Gasteiger partial charge on any atom is -0.481 e. The van der Waals surface area contributed by atoms with Crippen LogP contribution in [0.5, 0.6) is 5.75 Å². The fourth-order valence-electron chi connectivity index (χ4n) is 2.65. The molecule has 0 saturated heterocycles. The number of allylic oxidation sites excluding steroid dienone is 1. The lowest BCUT2D eigenvalue weighted by molar-refractivity contribution is -0.124. The summed E-state index contributed by atoms with van der Waals surface area (Å²) in [5.41, 5.74) is 3.51. The third-order valence-electron chi connectivity index (χ3n) is 4.22. The first kappa shape index (κ1) is 18.1. The molecule has 5 heteroatoms. The molecule has 1 aromatic heterocycles. The van der Waals surface area contributed by atoms with Crippen molar-refractivity contribution in [3.05, 3.63) is 71.0 Å². The van der Waals surface area contributed by atoms with Gasteiger partial charge in [0.15, 0.2) is 10.9 Å². The fraction of sp³-hybridized carbons (Fsp3) is 0.238. The molecule has 0 aliphatic heterocycles. The molecule has 26 heavy (non-hydrogen) atoms. The van der Waals surface area contributed by atoms with E-state index in [1.165, 1.54) is 22.5 Å². The summed E-state index contributed by atoms with van der Waals surface area (Å²) in [7, 11) is 0. The van der Waals surface area contributed by atoms with Gasteiger partial charge in [0.1, 0.15) is 5.75 Å². The molecule has 0 aliphatic rings. The average Bonchev–Trinajstić information content (AvgIpc) is 2.93. The molecule has 0 fully saturated rings. The molecule has 3 aromatic rings. The van der Waals surface area contributed by atoms with Crippen LogP contribution in [0.2, 0.25) is 0 Å². The third-order valence-corrected chi connectivity index (χ3v) is 5.26. The Labute approximate surface area is 157 Å². The summed E-state index contributed by atoms with van der Waals surface area (Å²) in [5.74, 6) is 0.358. The quantitative estimate of drug-likeness (QED) is 0.628. The SMILES string of the molecule is C=CCn1c(=NC(=O)C(C)Oc2ccccc2)sc2cc(C)c(C)cc21. The van der Waals surface area contributed by atoms with E-state index in [2.05, 4.69) is 37.6 Å². The number of rotatable bonds is 5. The number of aryl methyl sites for hydroxylation is 2. The summed E-state index contributed by atoms with van der Waals surface area (Å²) in [6.45, 7) is 10.3. The number of thiazole rings is 1. The molecule has 1 atom stereocenters. The number of ether oxygens (including phenoxy) is 1. The van der Waals surface area contributed by atoms with Crippen LogP contribution in [-0.2, 0) is 11.3 Å². The van der Waals surface area contributed by atoms with Crippen molar-refractivity contribution in [1.82, 2.24) is 4.57 Å². The van der Waals surface area contributed by atoms with Crippen LogP contribution >= 0.6 is 11.3 Å². The van der Waals surface area contributed by atoms with E-state index in [0.29, 0.717) is 17.1 Å². The third kappa shape index (κ3) is 3.78. The van der Waals surface area contributed by atoms with Crippen molar-refractivity contribution in [2.75, 3.05) is 0 Å². The van der Waals surface area contributed by atoms with Gasteiger partial charge in [-0.1, -0.05) is 35.6 Å². The predicted octanol–water partition coefficient (Wildman–Crippen LogP) is 4.40. The molecule has 0 N–H and O–H groups in total. The first-order chi connectivity index (χ1) is 12.5. The number of fused-ring (bicyclic) bond motifs is 1. The maximum absolute atomic E-state index is 12.6. The van der Waals surface area contributed by atoms with E-state index >= 15 is 0 Å². The topological polar surface area (TPSA) is 43.6 Å². The molecule has 0 radical (unpaired) electrons. The molecule has 3 rings (SSSR count). The molecule has 0 saturated carbocycles. The lowest BCUT2D eigenvalue weighted by Gasteiger charge is -2.10. The van der Waals surface area contributed by atoms with E-state index in [9.17, 15) is 4.79 Å². The zero-order chi connectivity index (χ0) is 18.7. The molecule has 1 amide bonds. The molecule has 0 bridgehead atoms. The second-order valence-electron chi connectivity index (χ2n) is 6.21. The second kappa shape index (κ2) is 7.70. The van der Waals surface area contributed by atoms with Crippen LogP contribution in [0, 0.1) is 13.8 Å². The monoisotopic (exact) mass is 366 g/mol. The smallest absolute Gasteiger partial charge is 0.289 e. The first-order valence-electron chi connectivity index (χ1n) is 8.51. The normalized spacial score (nSPS) is 13.0. The van der Waals surface area contributed by atoms with Gasteiger partial charge in [-0.3, -0.25) is 4.79 Å². The summed E-state index contributed by atoms with van der Waals surface area (Å²) in [4.78, 5) is 17.6. The molecule has 1 heterocycles. The van der Waals surface area contributed by atoms with Gasteiger partial charge in [-0.25, -0.2) is 0 Å². The van der Waals surface area contributed by atoms with Crippen molar-refractivity contribution < 1.29 is 9.53 Å². The van der Waals surface area contributed by atoms with Gasteiger partial charge in [0.05, 0.1) is 10.2 Å². The van der Waals surface area contributed by atoms with E-state index in [1.54, 1.807) is 6.92 Å². The summed E-state index contributed by atoms with van der Waals surface area (Å²) >= 11 is 1.51. The number of hydrogen-bond donors (Lipinski definition) is 0. The van der Waals surface area contributed by atoms with Crippen molar-refractivity contribution in [2.24, 2.45) is 4.99 Å². The number of nitrogens with zero attached hydrogens (tertiary/aromatic N) is 2. The Balaban J connectivity index is 1.98. The van der Waals surface area contributed by atoms with Crippen molar-refractivity contribution >= 4 is 27.5 Å². The maximum Gasteiger partial charge on any atom is 0.289 e. The van der Waals surface area contributed by atoms with Gasteiger partial charge in [0, 0.05) is 6.54 Å². The number of hydrogen-bond acceptors (Lipinski definition) is 3. The Hall–Kier alpha value is -2.66. The molecular formula is C21H22N2O2S. The largest absolute Gasteiger partial charge is 0.481 e. The van der Waals surface area contributed by atoms with Gasteiger partial charge < -0.3 is 9.30 Å². The Bertz CT molecular complexity index is 1020. The molecular weight excluding hydrogens is 344 g/mol. The Morgan fingerprint density at radius 1 is 1.27 bits per heavy atom. The van der Waals surface area contributed by atoms with Gasteiger partial charge in [-0.05, 0) is 56.2 Å². The van der Waals surface area contributed by atoms with Gasteiger partial charge in [0.25, 0.3) is 5.91 Å². The molecule has 134 valence electrons. The predicted molar refractivity (Wildman–Crippen MR) is 107 cm³/mol. The van der Waals surface area contributed by atoms with Crippen molar-refractivity contribution in [3.8, 4) is 5.75 Å². The number of para-hydroxylation sites is 1.